The lowest BCUT2D eigenvalue weighted by Gasteiger charge is -2.22. The number of likely N-dealkylation sites (tertiary alicyclic amines) is 1. The second kappa shape index (κ2) is 6.20. The van der Waals surface area contributed by atoms with Gasteiger partial charge in [0, 0.05) is 16.9 Å². The lowest BCUT2D eigenvalue weighted by molar-refractivity contribution is 0.0709. The molecule has 0 bridgehead atoms. The van der Waals surface area contributed by atoms with E-state index in [-0.39, 0.29) is 11.9 Å². The normalized spacial score (nSPS) is 20.4. The number of aromatic nitrogens is 2. The van der Waals surface area contributed by atoms with Crippen molar-refractivity contribution in [3.63, 3.8) is 0 Å². The van der Waals surface area contributed by atoms with Gasteiger partial charge in [-0.3, -0.25) is 4.79 Å². The molecule has 0 spiro atoms. The number of amides is 1. The first-order valence-electron chi connectivity index (χ1n) is 8.15. The number of hydrogen-bond donors (Lipinski definition) is 0. The van der Waals surface area contributed by atoms with Gasteiger partial charge in [-0.1, -0.05) is 5.16 Å². The third-order valence-corrected chi connectivity index (χ3v) is 5.29. The van der Waals surface area contributed by atoms with Gasteiger partial charge < -0.3 is 14.2 Å². The zero-order chi connectivity index (χ0) is 16.7. The lowest BCUT2D eigenvalue weighted by Crippen LogP contribution is -2.31. The Morgan fingerprint density at radius 1 is 1.38 bits per heavy atom. The molecule has 2 aromatic rings. The summed E-state index contributed by atoms with van der Waals surface area (Å²) in [5.74, 6) is 2.40. The summed E-state index contributed by atoms with van der Waals surface area (Å²) in [6, 6.07) is 5.26. The molecule has 1 saturated heterocycles. The average Bonchev–Trinajstić information content (AvgIpc) is 3.13. The van der Waals surface area contributed by atoms with Gasteiger partial charge in [-0.2, -0.15) is 4.98 Å². The van der Waals surface area contributed by atoms with Crippen LogP contribution >= 0.6 is 15.9 Å². The molecule has 4 rings (SSSR count). The topological polar surface area (TPSA) is 68.5 Å². The van der Waals surface area contributed by atoms with Crippen LogP contribution in [-0.2, 0) is 0 Å². The Hall–Kier alpha value is -1.89. The Kier molecular flexibility index (Phi) is 4.04. The summed E-state index contributed by atoms with van der Waals surface area (Å²) in [6.07, 6.45) is 4.03. The quantitative estimate of drug-likeness (QED) is 0.794. The zero-order valence-corrected chi connectivity index (χ0v) is 15.0. The Balaban J connectivity index is 1.60. The molecule has 6 nitrogen and oxygen atoms in total. The highest BCUT2D eigenvalue weighted by Crippen LogP contribution is 2.40. The summed E-state index contributed by atoms with van der Waals surface area (Å²) in [5, 5.41) is 4.08. The van der Waals surface area contributed by atoms with E-state index in [1.807, 2.05) is 17.0 Å². The van der Waals surface area contributed by atoms with Crippen molar-refractivity contribution in [2.75, 3.05) is 13.7 Å². The van der Waals surface area contributed by atoms with Crippen molar-refractivity contribution in [2.45, 2.75) is 37.6 Å². The highest BCUT2D eigenvalue weighted by Gasteiger charge is 2.37. The van der Waals surface area contributed by atoms with Crippen LogP contribution in [0.2, 0.25) is 0 Å². The summed E-state index contributed by atoms with van der Waals surface area (Å²) in [6.45, 7) is 0.689. The van der Waals surface area contributed by atoms with Gasteiger partial charge in [-0.25, -0.2) is 0 Å². The predicted octanol–water partition coefficient (Wildman–Crippen LogP) is 3.70. The molecule has 1 unspecified atom stereocenters. The Morgan fingerprint density at radius 2 is 2.21 bits per heavy atom. The lowest BCUT2D eigenvalue weighted by atomic mass is 10.1. The van der Waals surface area contributed by atoms with E-state index in [9.17, 15) is 4.79 Å². The number of carbonyl (C=O) groups excluding carboxylic acids is 1. The molecule has 1 aromatic carbocycles. The van der Waals surface area contributed by atoms with Crippen molar-refractivity contribution in [1.29, 1.82) is 0 Å². The van der Waals surface area contributed by atoms with Gasteiger partial charge in [-0.15, -0.1) is 0 Å². The van der Waals surface area contributed by atoms with E-state index in [4.69, 9.17) is 9.26 Å². The van der Waals surface area contributed by atoms with Crippen LogP contribution in [0.3, 0.4) is 0 Å². The van der Waals surface area contributed by atoms with Crippen LogP contribution in [0, 0.1) is 0 Å². The summed E-state index contributed by atoms with van der Waals surface area (Å²) >= 11 is 3.46. The van der Waals surface area contributed by atoms with Gasteiger partial charge >= 0.3 is 0 Å². The molecular formula is C17H18BrN3O3. The fourth-order valence-corrected chi connectivity index (χ4v) is 3.52. The number of benzene rings is 1. The standard InChI is InChI=1S/C17H18BrN3O3/c1-23-11-6-7-13(18)12(9-11)17(22)21-8-2-3-14(21)16-19-15(20-24-16)10-4-5-10/h6-7,9-10,14H,2-5,8H2,1H3. The van der Waals surface area contributed by atoms with E-state index in [1.54, 1.807) is 13.2 Å². The maximum absolute atomic E-state index is 13.0. The van der Waals surface area contributed by atoms with Crippen molar-refractivity contribution in [3.8, 4) is 5.75 Å². The van der Waals surface area contributed by atoms with Gasteiger partial charge in [0.25, 0.3) is 5.91 Å². The second-order valence-corrected chi connectivity index (χ2v) is 7.12. The van der Waals surface area contributed by atoms with Crippen LogP contribution in [0.1, 0.15) is 59.7 Å². The summed E-state index contributed by atoms with van der Waals surface area (Å²) in [4.78, 5) is 19.4. The maximum Gasteiger partial charge on any atom is 0.255 e. The monoisotopic (exact) mass is 391 g/mol. The van der Waals surface area contributed by atoms with Crippen LogP contribution < -0.4 is 4.74 Å². The maximum atomic E-state index is 13.0. The van der Waals surface area contributed by atoms with Crippen LogP contribution in [-0.4, -0.2) is 34.6 Å². The van der Waals surface area contributed by atoms with E-state index < -0.39 is 0 Å². The van der Waals surface area contributed by atoms with Gasteiger partial charge in [0.2, 0.25) is 5.89 Å². The minimum atomic E-state index is -0.143. The largest absolute Gasteiger partial charge is 0.497 e. The number of methoxy groups -OCH3 is 1. The molecule has 1 amide bonds. The number of carbonyl (C=O) groups is 1. The molecule has 1 aliphatic carbocycles. The Morgan fingerprint density at radius 3 is 2.96 bits per heavy atom. The van der Waals surface area contributed by atoms with Crippen LogP contribution in [0.4, 0.5) is 0 Å². The van der Waals surface area contributed by atoms with Crippen molar-refractivity contribution in [1.82, 2.24) is 15.0 Å². The summed E-state index contributed by atoms with van der Waals surface area (Å²) in [7, 11) is 1.59. The van der Waals surface area contributed by atoms with E-state index in [1.165, 1.54) is 0 Å². The van der Waals surface area contributed by atoms with Crippen molar-refractivity contribution in [3.05, 3.63) is 40.0 Å². The molecule has 24 heavy (non-hydrogen) atoms. The second-order valence-electron chi connectivity index (χ2n) is 6.27. The Bertz CT molecular complexity index is 772. The van der Waals surface area contributed by atoms with Crippen LogP contribution in [0.25, 0.3) is 0 Å². The molecule has 126 valence electrons. The van der Waals surface area contributed by atoms with E-state index in [2.05, 4.69) is 26.1 Å². The first-order valence-corrected chi connectivity index (χ1v) is 8.94. The van der Waals surface area contributed by atoms with Crippen molar-refractivity contribution < 1.29 is 14.1 Å². The minimum absolute atomic E-state index is 0.0468. The van der Waals surface area contributed by atoms with Gasteiger partial charge in [0.1, 0.15) is 11.8 Å². The van der Waals surface area contributed by atoms with Gasteiger partial charge in [0.05, 0.1) is 12.7 Å². The minimum Gasteiger partial charge on any atom is -0.497 e. The number of rotatable bonds is 4. The fourth-order valence-electron chi connectivity index (χ4n) is 3.11. The molecule has 2 aliphatic rings. The summed E-state index contributed by atoms with van der Waals surface area (Å²) in [5.41, 5.74) is 0.586. The van der Waals surface area contributed by atoms with E-state index in [0.29, 0.717) is 29.7 Å². The SMILES string of the molecule is COc1ccc(Br)c(C(=O)N2CCCC2c2nc(C3CC3)no2)c1. The number of nitrogens with zero attached hydrogens (tertiary/aromatic N) is 3. The molecule has 1 aromatic heterocycles. The zero-order valence-electron chi connectivity index (χ0n) is 13.4. The molecule has 7 heteroatoms. The highest BCUT2D eigenvalue weighted by atomic mass is 79.9. The number of halogens is 1. The molecule has 1 saturated carbocycles. The molecule has 1 atom stereocenters. The molecule has 0 N–H and O–H groups in total. The van der Waals surface area contributed by atoms with Crippen molar-refractivity contribution in [2.24, 2.45) is 0 Å². The fraction of sp³-hybridized carbons (Fsp3) is 0.471. The molecule has 0 radical (unpaired) electrons. The van der Waals surface area contributed by atoms with E-state index in [0.717, 1.165) is 36.0 Å². The van der Waals surface area contributed by atoms with Gasteiger partial charge in [0.15, 0.2) is 5.82 Å². The highest BCUT2D eigenvalue weighted by molar-refractivity contribution is 9.10. The van der Waals surface area contributed by atoms with Crippen LogP contribution in [0.15, 0.2) is 27.2 Å². The van der Waals surface area contributed by atoms with Crippen molar-refractivity contribution >= 4 is 21.8 Å². The average molecular weight is 392 g/mol. The first-order chi connectivity index (χ1) is 11.7. The number of hydrogen-bond acceptors (Lipinski definition) is 5. The third kappa shape index (κ3) is 2.81. The van der Waals surface area contributed by atoms with E-state index >= 15 is 0 Å². The third-order valence-electron chi connectivity index (χ3n) is 4.60. The van der Waals surface area contributed by atoms with Crippen LogP contribution in [0.5, 0.6) is 5.75 Å². The predicted molar refractivity (Wildman–Crippen MR) is 90.0 cm³/mol. The van der Waals surface area contributed by atoms with Gasteiger partial charge in [-0.05, 0) is 59.8 Å². The molecule has 2 heterocycles. The molecule has 2 fully saturated rings. The Labute approximate surface area is 148 Å². The number of ether oxygens (including phenoxy) is 1. The smallest absolute Gasteiger partial charge is 0.255 e. The first kappa shape index (κ1) is 15.6. The molecule has 1 aliphatic heterocycles. The summed E-state index contributed by atoms with van der Waals surface area (Å²) < 4.78 is 11.4. The molecular weight excluding hydrogens is 374 g/mol.